The van der Waals surface area contributed by atoms with Gasteiger partial charge >= 0.3 is 0 Å². The van der Waals surface area contributed by atoms with Crippen molar-refractivity contribution in [1.82, 2.24) is 0 Å². The molecule has 0 aromatic heterocycles. The van der Waals surface area contributed by atoms with Crippen LogP contribution in [-0.4, -0.2) is 20.9 Å². The summed E-state index contributed by atoms with van der Waals surface area (Å²) in [6.45, 7) is 3.31. The standard InChI is InChI=1S/C22H21FN2O3S/c1-16-12-17(2)14-20(13-16)25(29(27,28)21-6-4-3-5-7-21)15-22(26)24-19-10-8-18(23)9-11-19/h3-14H,15H2,1-2H3,(H,24,26). The van der Waals surface area contributed by atoms with Gasteiger partial charge in [-0.3, -0.25) is 9.10 Å². The van der Waals surface area contributed by atoms with Crippen molar-refractivity contribution in [3.05, 3.63) is 89.7 Å². The van der Waals surface area contributed by atoms with Crippen LogP contribution in [0.4, 0.5) is 15.8 Å². The number of nitrogens with zero attached hydrogens (tertiary/aromatic N) is 1. The molecule has 0 saturated heterocycles. The molecule has 3 rings (SSSR count). The van der Waals surface area contributed by atoms with Gasteiger partial charge in [0, 0.05) is 5.69 Å². The van der Waals surface area contributed by atoms with E-state index in [1.54, 1.807) is 30.3 Å². The Hall–Kier alpha value is -3.19. The molecule has 0 fully saturated rings. The van der Waals surface area contributed by atoms with E-state index in [9.17, 15) is 17.6 Å². The zero-order valence-corrected chi connectivity index (χ0v) is 16.9. The number of amides is 1. The largest absolute Gasteiger partial charge is 0.325 e. The van der Waals surface area contributed by atoms with E-state index in [2.05, 4.69) is 5.32 Å². The Morgan fingerprint density at radius 1 is 0.931 bits per heavy atom. The van der Waals surface area contributed by atoms with Gasteiger partial charge in [-0.15, -0.1) is 0 Å². The lowest BCUT2D eigenvalue weighted by Gasteiger charge is -2.25. The van der Waals surface area contributed by atoms with Crippen LogP contribution in [0.15, 0.2) is 77.7 Å². The zero-order valence-electron chi connectivity index (χ0n) is 16.1. The van der Waals surface area contributed by atoms with Crippen LogP contribution >= 0.6 is 0 Å². The second-order valence-corrected chi connectivity index (χ2v) is 8.59. The molecule has 0 aliphatic heterocycles. The maximum atomic E-state index is 13.3. The van der Waals surface area contributed by atoms with Crippen molar-refractivity contribution in [1.29, 1.82) is 0 Å². The minimum Gasteiger partial charge on any atom is -0.325 e. The van der Waals surface area contributed by atoms with Gasteiger partial charge in [0.15, 0.2) is 0 Å². The molecule has 3 aromatic rings. The third-order valence-electron chi connectivity index (χ3n) is 4.24. The minimum absolute atomic E-state index is 0.0914. The minimum atomic E-state index is -3.97. The van der Waals surface area contributed by atoms with Crippen molar-refractivity contribution < 1.29 is 17.6 Å². The fourth-order valence-corrected chi connectivity index (χ4v) is 4.42. The predicted molar refractivity (Wildman–Crippen MR) is 112 cm³/mol. The molecule has 0 spiro atoms. The third-order valence-corrected chi connectivity index (χ3v) is 6.03. The summed E-state index contributed by atoms with van der Waals surface area (Å²) < 4.78 is 40.7. The van der Waals surface area contributed by atoms with Gasteiger partial charge in [0.25, 0.3) is 10.0 Å². The normalized spacial score (nSPS) is 11.1. The number of nitrogens with one attached hydrogen (secondary N) is 1. The number of hydrogen-bond donors (Lipinski definition) is 1. The highest BCUT2D eigenvalue weighted by Gasteiger charge is 2.27. The maximum Gasteiger partial charge on any atom is 0.264 e. The van der Waals surface area contributed by atoms with Crippen LogP contribution in [0.2, 0.25) is 0 Å². The topological polar surface area (TPSA) is 66.5 Å². The molecule has 0 bridgehead atoms. The molecular weight excluding hydrogens is 391 g/mol. The van der Waals surface area contributed by atoms with E-state index < -0.39 is 28.3 Å². The summed E-state index contributed by atoms with van der Waals surface area (Å²) in [4.78, 5) is 12.7. The van der Waals surface area contributed by atoms with Gasteiger partial charge in [0.2, 0.25) is 5.91 Å². The van der Waals surface area contributed by atoms with Gasteiger partial charge in [0.1, 0.15) is 12.4 Å². The molecule has 150 valence electrons. The van der Waals surface area contributed by atoms with E-state index in [0.29, 0.717) is 11.4 Å². The van der Waals surface area contributed by atoms with Crippen molar-refractivity contribution in [3.63, 3.8) is 0 Å². The van der Waals surface area contributed by atoms with E-state index in [-0.39, 0.29) is 4.90 Å². The number of carbonyl (C=O) groups is 1. The van der Waals surface area contributed by atoms with Crippen LogP contribution in [0.1, 0.15) is 11.1 Å². The number of carbonyl (C=O) groups excluding carboxylic acids is 1. The monoisotopic (exact) mass is 412 g/mol. The summed E-state index contributed by atoms with van der Waals surface area (Å²) in [5.74, 6) is -0.957. The van der Waals surface area contributed by atoms with Gasteiger partial charge < -0.3 is 5.32 Å². The molecule has 0 atom stereocenters. The van der Waals surface area contributed by atoms with Gasteiger partial charge in [-0.2, -0.15) is 0 Å². The Labute approximate surface area is 169 Å². The van der Waals surface area contributed by atoms with Gasteiger partial charge in [0.05, 0.1) is 10.6 Å². The highest BCUT2D eigenvalue weighted by atomic mass is 32.2. The fourth-order valence-electron chi connectivity index (χ4n) is 2.99. The SMILES string of the molecule is Cc1cc(C)cc(N(CC(=O)Nc2ccc(F)cc2)S(=O)(=O)c2ccccc2)c1. The first-order valence-corrected chi connectivity index (χ1v) is 10.4. The van der Waals surface area contributed by atoms with Crippen LogP contribution in [0.5, 0.6) is 0 Å². The lowest BCUT2D eigenvalue weighted by Crippen LogP contribution is -2.38. The Kier molecular flexibility index (Phi) is 5.98. The predicted octanol–water partition coefficient (Wildman–Crippen LogP) is 4.28. The Morgan fingerprint density at radius 2 is 1.52 bits per heavy atom. The Morgan fingerprint density at radius 3 is 2.10 bits per heavy atom. The molecule has 0 heterocycles. The quantitative estimate of drug-likeness (QED) is 0.657. The van der Waals surface area contributed by atoms with Crippen LogP contribution in [0.25, 0.3) is 0 Å². The van der Waals surface area contributed by atoms with E-state index >= 15 is 0 Å². The summed E-state index contributed by atoms with van der Waals surface area (Å²) >= 11 is 0. The zero-order chi connectivity index (χ0) is 21.0. The Bertz CT molecular complexity index is 1090. The smallest absolute Gasteiger partial charge is 0.264 e. The molecule has 1 N–H and O–H groups in total. The second kappa shape index (κ2) is 8.45. The number of anilines is 2. The van der Waals surface area contributed by atoms with Crippen molar-refractivity contribution in [3.8, 4) is 0 Å². The fraction of sp³-hybridized carbons (Fsp3) is 0.136. The number of halogens is 1. The molecule has 29 heavy (non-hydrogen) atoms. The molecule has 3 aromatic carbocycles. The molecule has 5 nitrogen and oxygen atoms in total. The molecule has 7 heteroatoms. The van der Waals surface area contributed by atoms with Gasteiger partial charge in [-0.25, -0.2) is 12.8 Å². The summed E-state index contributed by atoms with van der Waals surface area (Å²) in [6, 6.07) is 18.6. The van der Waals surface area contributed by atoms with Crippen molar-refractivity contribution in [2.45, 2.75) is 18.7 Å². The maximum absolute atomic E-state index is 13.3. The highest BCUT2D eigenvalue weighted by Crippen LogP contribution is 2.26. The van der Waals surface area contributed by atoms with E-state index in [1.165, 1.54) is 36.4 Å². The molecule has 0 aliphatic carbocycles. The first kappa shape index (κ1) is 20.5. The second-order valence-electron chi connectivity index (χ2n) is 6.73. The molecule has 0 saturated carbocycles. The lowest BCUT2D eigenvalue weighted by molar-refractivity contribution is -0.114. The number of aryl methyl sites for hydroxylation is 2. The molecule has 1 amide bonds. The first-order chi connectivity index (χ1) is 13.8. The Balaban J connectivity index is 1.96. The van der Waals surface area contributed by atoms with Crippen LogP contribution in [0, 0.1) is 19.7 Å². The van der Waals surface area contributed by atoms with Crippen molar-refractivity contribution in [2.75, 3.05) is 16.2 Å². The molecule has 0 unspecified atom stereocenters. The van der Waals surface area contributed by atoms with Crippen molar-refractivity contribution in [2.24, 2.45) is 0 Å². The number of hydrogen-bond acceptors (Lipinski definition) is 3. The van der Waals surface area contributed by atoms with E-state index in [0.717, 1.165) is 15.4 Å². The van der Waals surface area contributed by atoms with E-state index in [1.807, 2.05) is 19.9 Å². The molecule has 0 aliphatic rings. The summed E-state index contributed by atoms with van der Waals surface area (Å²) in [7, 11) is -3.97. The first-order valence-electron chi connectivity index (χ1n) is 8.97. The van der Waals surface area contributed by atoms with Gasteiger partial charge in [-0.1, -0.05) is 24.3 Å². The van der Waals surface area contributed by atoms with Crippen LogP contribution < -0.4 is 9.62 Å². The number of benzene rings is 3. The number of rotatable bonds is 6. The number of sulfonamides is 1. The average Bonchev–Trinajstić information content (AvgIpc) is 2.68. The third kappa shape index (κ3) is 5.00. The summed E-state index contributed by atoms with van der Waals surface area (Å²) in [6.07, 6.45) is 0. The van der Waals surface area contributed by atoms with Crippen LogP contribution in [-0.2, 0) is 14.8 Å². The lowest BCUT2D eigenvalue weighted by atomic mass is 10.1. The highest BCUT2D eigenvalue weighted by molar-refractivity contribution is 7.92. The summed E-state index contributed by atoms with van der Waals surface area (Å²) in [5.41, 5.74) is 2.55. The molecule has 0 radical (unpaired) electrons. The van der Waals surface area contributed by atoms with E-state index in [4.69, 9.17) is 0 Å². The summed E-state index contributed by atoms with van der Waals surface area (Å²) in [5, 5.41) is 2.61. The van der Waals surface area contributed by atoms with Gasteiger partial charge in [-0.05, 0) is 73.5 Å². The van der Waals surface area contributed by atoms with Crippen molar-refractivity contribution >= 4 is 27.3 Å². The average molecular weight is 412 g/mol. The van der Waals surface area contributed by atoms with Crippen LogP contribution in [0.3, 0.4) is 0 Å². The molecular formula is C22H21FN2O3S.